The highest BCUT2D eigenvalue weighted by atomic mass is 16.1. The summed E-state index contributed by atoms with van der Waals surface area (Å²) in [6, 6.07) is 1.66. The van der Waals surface area contributed by atoms with Crippen LogP contribution < -0.4 is 11.1 Å². The zero-order chi connectivity index (χ0) is 12.3. The Balaban J connectivity index is 1.87. The van der Waals surface area contributed by atoms with Gasteiger partial charge in [0.25, 0.3) is 5.91 Å². The first-order valence-electron chi connectivity index (χ1n) is 5.32. The first kappa shape index (κ1) is 11.3. The molecule has 90 valence electrons. The Labute approximate surface area is 99.1 Å². The van der Waals surface area contributed by atoms with Crippen LogP contribution in [0.4, 0.5) is 5.69 Å². The number of nitrogens with one attached hydrogen (secondary N) is 1. The van der Waals surface area contributed by atoms with E-state index < -0.39 is 0 Å². The van der Waals surface area contributed by atoms with Crippen molar-refractivity contribution in [1.82, 2.24) is 19.4 Å². The van der Waals surface area contributed by atoms with Gasteiger partial charge in [-0.15, -0.1) is 0 Å². The Morgan fingerprint density at radius 2 is 2.41 bits per heavy atom. The third kappa shape index (κ3) is 2.66. The van der Waals surface area contributed by atoms with Crippen LogP contribution >= 0.6 is 0 Å². The second-order valence-electron chi connectivity index (χ2n) is 3.83. The average molecular weight is 233 g/mol. The number of nitrogen functional groups attached to an aromatic ring is 1. The Hall–Kier alpha value is -2.24. The maximum atomic E-state index is 11.8. The minimum Gasteiger partial charge on any atom is -0.397 e. The number of anilines is 1. The molecule has 0 atom stereocenters. The number of nitrogens with zero attached hydrogens (tertiary/aromatic N) is 3. The van der Waals surface area contributed by atoms with Gasteiger partial charge in [0.2, 0.25) is 0 Å². The van der Waals surface area contributed by atoms with Crippen molar-refractivity contribution in [1.29, 1.82) is 0 Å². The van der Waals surface area contributed by atoms with Crippen LogP contribution in [0.25, 0.3) is 0 Å². The van der Waals surface area contributed by atoms with E-state index in [9.17, 15) is 4.79 Å². The highest BCUT2D eigenvalue weighted by molar-refractivity contribution is 5.93. The molecule has 0 saturated carbocycles. The summed E-state index contributed by atoms with van der Waals surface area (Å²) in [7, 11) is 1.79. The number of aryl methyl sites for hydroxylation is 1. The number of carbonyl (C=O) groups is 1. The first-order chi connectivity index (χ1) is 8.16. The number of aromatic nitrogens is 3. The lowest BCUT2D eigenvalue weighted by molar-refractivity contribution is 0.0944. The molecule has 0 saturated heterocycles. The molecule has 2 aromatic heterocycles. The smallest absolute Gasteiger partial charge is 0.268 e. The monoisotopic (exact) mass is 233 g/mol. The fourth-order valence-corrected chi connectivity index (χ4v) is 1.62. The van der Waals surface area contributed by atoms with Crippen LogP contribution in [-0.2, 0) is 13.6 Å². The number of hydrogen-bond acceptors (Lipinski definition) is 3. The van der Waals surface area contributed by atoms with Crippen LogP contribution in [0.15, 0.2) is 31.0 Å². The van der Waals surface area contributed by atoms with E-state index in [-0.39, 0.29) is 5.91 Å². The summed E-state index contributed by atoms with van der Waals surface area (Å²) in [4.78, 5) is 15.7. The molecule has 2 rings (SSSR count). The van der Waals surface area contributed by atoms with Crippen molar-refractivity contribution in [2.24, 2.45) is 7.05 Å². The summed E-state index contributed by atoms with van der Waals surface area (Å²) >= 11 is 0. The summed E-state index contributed by atoms with van der Waals surface area (Å²) in [5.74, 6) is -0.121. The van der Waals surface area contributed by atoms with Crippen molar-refractivity contribution in [3.8, 4) is 0 Å². The van der Waals surface area contributed by atoms with Gasteiger partial charge in [-0.05, 0) is 6.07 Å². The lowest BCUT2D eigenvalue weighted by Crippen LogP contribution is -2.28. The van der Waals surface area contributed by atoms with E-state index in [0.29, 0.717) is 24.5 Å². The molecule has 0 aromatic carbocycles. The second kappa shape index (κ2) is 4.73. The fraction of sp³-hybridized carbons (Fsp3) is 0.273. The fourth-order valence-electron chi connectivity index (χ4n) is 1.62. The number of carbonyl (C=O) groups excluding carboxylic acids is 1. The van der Waals surface area contributed by atoms with Gasteiger partial charge in [-0.2, -0.15) is 0 Å². The average Bonchev–Trinajstić information content (AvgIpc) is 2.88. The molecular formula is C11H15N5O. The van der Waals surface area contributed by atoms with Gasteiger partial charge < -0.3 is 20.2 Å². The summed E-state index contributed by atoms with van der Waals surface area (Å²) in [5, 5.41) is 2.83. The second-order valence-corrected chi connectivity index (χ2v) is 3.83. The highest BCUT2D eigenvalue weighted by Crippen LogP contribution is 2.07. The van der Waals surface area contributed by atoms with Crippen LogP contribution in [0.2, 0.25) is 0 Å². The molecule has 1 amide bonds. The minimum atomic E-state index is -0.121. The molecule has 0 radical (unpaired) electrons. The van der Waals surface area contributed by atoms with E-state index >= 15 is 0 Å². The predicted molar refractivity (Wildman–Crippen MR) is 64.4 cm³/mol. The van der Waals surface area contributed by atoms with Crippen molar-refractivity contribution in [3.63, 3.8) is 0 Å². The van der Waals surface area contributed by atoms with Crippen LogP contribution in [0.3, 0.4) is 0 Å². The molecule has 0 bridgehead atoms. The van der Waals surface area contributed by atoms with Gasteiger partial charge in [0.1, 0.15) is 5.69 Å². The number of hydrogen-bond donors (Lipinski definition) is 2. The van der Waals surface area contributed by atoms with E-state index in [1.165, 1.54) is 0 Å². The van der Waals surface area contributed by atoms with Crippen molar-refractivity contribution in [2.45, 2.75) is 6.54 Å². The number of amides is 1. The maximum Gasteiger partial charge on any atom is 0.268 e. The zero-order valence-electron chi connectivity index (χ0n) is 9.63. The Morgan fingerprint density at radius 3 is 3.00 bits per heavy atom. The topological polar surface area (TPSA) is 77.9 Å². The molecule has 0 aliphatic heterocycles. The molecule has 6 heteroatoms. The lowest BCUT2D eigenvalue weighted by atomic mass is 10.4. The van der Waals surface area contributed by atoms with Crippen LogP contribution in [-0.4, -0.2) is 26.6 Å². The van der Waals surface area contributed by atoms with E-state index in [1.54, 1.807) is 36.4 Å². The van der Waals surface area contributed by atoms with E-state index in [0.717, 1.165) is 0 Å². The van der Waals surface area contributed by atoms with Gasteiger partial charge in [0.15, 0.2) is 0 Å². The molecule has 0 fully saturated rings. The van der Waals surface area contributed by atoms with E-state index in [4.69, 9.17) is 5.73 Å². The molecule has 6 nitrogen and oxygen atoms in total. The first-order valence-corrected chi connectivity index (χ1v) is 5.32. The molecule has 0 unspecified atom stereocenters. The number of nitrogens with two attached hydrogens (primary N) is 1. The Kier molecular flexibility index (Phi) is 3.13. The predicted octanol–water partition coefficient (Wildman–Crippen LogP) is 0.234. The van der Waals surface area contributed by atoms with Crippen molar-refractivity contribution in [3.05, 3.63) is 36.7 Å². The highest BCUT2D eigenvalue weighted by Gasteiger charge is 2.09. The van der Waals surface area contributed by atoms with Crippen LogP contribution in [0.5, 0.6) is 0 Å². The van der Waals surface area contributed by atoms with Crippen molar-refractivity contribution in [2.75, 3.05) is 12.3 Å². The van der Waals surface area contributed by atoms with Gasteiger partial charge in [-0.1, -0.05) is 0 Å². The third-order valence-electron chi connectivity index (χ3n) is 2.47. The van der Waals surface area contributed by atoms with E-state index in [1.807, 2.05) is 10.8 Å². The summed E-state index contributed by atoms with van der Waals surface area (Å²) in [6.07, 6.45) is 6.99. The number of imidazole rings is 1. The van der Waals surface area contributed by atoms with Gasteiger partial charge in [0.05, 0.1) is 12.0 Å². The normalized spacial score (nSPS) is 10.4. The minimum absolute atomic E-state index is 0.121. The van der Waals surface area contributed by atoms with Crippen LogP contribution in [0.1, 0.15) is 10.5 Å². The van der Waals surface area contributed by atoms with Crippen LogP contribution in [0, 0.1) is 0 Å². The van der Waals surface area contributed by atoms with Gasteiger partial charge in [-0.25, -0.2) is 4.98 Å². The lowest BCUT2D eigenvalue weighted by Gasteiger charge is -2.06. The largest absolute Gasteiger partial charge is 0.397 e. The van der Waals surface area contributed by atoms with Gasteiger partial charge in [-0.3, -0.25) is 4.79 Å². The molecule has 0 spiro atoms. The Bertz CT molecular complexity index is 500. The summed E-state index contributed by atoms with van der Waals surface area (Å²) in [6.45, 7) is 1.26. The SMILES string of the molecule is Cn1cc(N)cc1C(=O)NCCn1ccnc1. The quantitative estimate of drug-likeness (QED) is 0.793. The zero-order valence-corrected chi connectivity index (χ0v) is 9.63. The number of rotatable bonds is 4. The Morgan fingerprint density at radius 1 is 1.59 bits per heavy atom. The van der Waals surface area contributed by atoms with Crippen molar-refractivity contribution < 1.29 is 4.79 Å². The van der Waals surface area contributed by atoms with Crippen molar-refractivity contribution >= 4 is 11.6 Å². The molecule has 0 aliphatic carbocycles. The third-order valence-corrected chi connectivity index (χ3v) is 2.47. The molecule has 3 N–H and O–H groups in total. The molecular weight excluding hydrogens is 218 g/mol. The molecule has 17 heavy (non-hydrogen) atoms. The van der Waals surface area contributed by atoms with Gasteiger partial charge in [0, 0.05) is 38.7 Å². The maximum absolute atomic E-state index is 11.8. The molecule has 0 aliphatic rings. The van der Waals surface area contributed by atoms with E-state index in [2.05, 4.69) is 10.3 Å². The standard InChI is InChI=1S/C11H15N5O/c1-15-7-9(12)6-10(15)11(17)14-3-5-16-4-2-13-8-16/h2,4,6-8H,3,5,12H2,1H3,(H,14,17). The molecule has 2 heterocycles. The summed E-state index contributed by atoms with van der Waals surface area (Å²) < 4.78 is 3.61. The van der Waals surface area contributed by atoms with Gasteiger partial charge >= 0.3 is 0 Å². The summed E-state index contributed by atoms with van der Waals surface area (Å²) in [5.41, 5.74) is 6.76. The molecule has 2 aromatic rings.